The molecule has 1 fully saturated rings. The van der Waals surface area contributed by atoms with E-state index in [1.54, 1.807) is 4.90 Å². The van der Waals surface area contributed by atoms with Gasteiger partial charge in [-0.2, -0.15) is 5.10 Å². The van der Waals surface area contributed by atoms with Crippen molar-refractivity contribution in [3.63, 3.8) is 0 Å². The SMILES string of the molecule is CS(=O)(=O)c1c(N2CCCC(O)C2)nn(CC(=O)O)c1N. The summed E-state index contributed by atoms with van der Waals surface area (Å²) in [5.74, 6) is -1.26. The molecule has 0 bridgehead atoms. The number of nitrogen functional groups attached to an aromatic ring is 1. The van der Waals surface area contributed by atoms with E-state index < -0.39 is 28.5 Å². The molecule has 1 saturated heterocycles. The highest BCUT2D eigenvalue weighted by atomic mass is 32.2. The number of aliphatic hydroxyl groups excluding tert-OH is 1. The Labute approximate surface area is 121 Å². The third-order valence-corrected chi connectivity index (χ3v) is 4.41. The van der Waals surface area contributed by atoms with Crippen LogP contribution in [0.3, 0.4) is 0 Å². The third kappa shape index (κ3) is 3.27. The molecule has 2 rings (SSSR count). The van der Waals surface area contributed by atoms with Crippen molar-refractivity contribution in [2.24, 2.45) is 0 Å². The molecule has 4 N–H and O–H groups in total. The lowest BCUT2D eigenvalue weighted by Crippen LogP contribution is -2.39. The van der Waals surface area contributed by atoms with Crippen molar-refractivity contribution in [1.29, 1.82) is 0 Å². The first-order chi connectivity index (χ1) is 9.70. The number of anilines is 2. The molecule has 10 heteroatoms. The zero-order valence-electron chi connectivity index (χ0n) is 11.6. The Morgan fingerprint density at radius 1 is 1.52 bits per heavy atom. The highest BCUT2D eigenvalue weighted by molar-refractivity contribution is 7.91. The van der Waals surface area contributed by atoms with Gasteiger partial charge in [0.1, 0.15) is 12.4 Å². The molecule has 0 radical (unpaired) electrons. The van der Waals surface area contributed by atoms with Gasteiger partial charge in [0.25, 0.3) is 0 Å². The summed E-state index contributed by atoms with van der Waals surface area (Å²) in [4.78, 5) is 12.2. The van der Waals surface area contributed by atoms with Gasteiger partial charge in [0, 0.05) is 19.3 Å². The number of nitrogens with zero attached hydrogens (tertiary/aromatic N) is 3. The largest absolute Gasteiger partial charge is 0.480 e. The van der Waals surface area contributed by atoms with Crippen molar-refractivity contribution in [3.05, 3.63) is 0 Å². The second kappa shape index (κ2) is 5.53. The van der Waals surface area contributed by atoms with Crippen LogP contribution in [0, 0.1) is 0 Å². The van der Waals surface area contributed by atoms with E-state index in [0.717, 1.165) is 10.9 Å². The molecule has 0 aliphatic carbocycles. The number of carboxylic acids is 1. The van der Waals surface area contributed by atoms with E-state index in [1.807, 2.05) is 0 Å². The Balaban J connectivity index is 2.50. The zero-order chi connectivity index (χ0) is 15.8. The molecule has 0 spiro atoms. The van der Waals surface area contributed by atoms with Crippen LogP contribution in [0.25, 0.3) is 0 Å². The molecule has 118 valence electrons. The summed E-state index contributed by atoms with van der Waals surface area (Å²) in [6.45, 7) is 0.250. The smallest absolute Gasteiger partial charge is 0.325 e. The first-order valence-corrected chi connectivity index (χ1v) is 8.30. The van der Waals surface area contributed by atoms with Gasteiger partial charge in [0.2, 0.25) is 0 Å². The Hall–Kier alpha value is -1.81. The van der Waals surface area contributed by atoms with Gasteiger partial charge in [0.05, 0.1) is 6.10 Å². The van der Waals surface area contributed by atoms with Crippen molar-refractivity contribution in [2.45, 2.75) is 30.4 Å². The number of hydrogen-bond acceptors (Lipinski definition) is 7. The molecule has 0 amide bonds. The summed E-state index contributed by atoms with van der Waals surface area (Å²) in [5.41, 5.74) is 5.75. The minimum Gasteiger partial charge on any atom is -0.480 e. The third-order valence-electron chi connectivity index (χ3n) is 3.28. The van der Waals surface area contributed by atoms with Crippen LogP contribution in [0.4, 0.5) is 11.6 Å². The summed E-state index contributed by atoms with van der Waals surface area (Å²) in [6.07, 6.45) is 1.75. The lowest BCUT2D eigenvalue weighted by molar-refractivity contribution is -0.137. The fourth-order valence-electron chi connectivity index (χ4n) is 2.40. The van der Waals surface area contributed by atoms with Crippen LogP contribution < -0.4 is 10.6 Å². The quantitative estimate of drug-likeness (QED) is 0.637. The van der Waals surface area contributed by atoms with E-state index in [9.17, 15) is 18.3 Å². The van der Waals surface area contributed by atoms with Gasteiger partial charge in [-0.15, -0.1) is 0 Å². The number of β-amino-alcohol motifs (C(OH)–C–C–N with tert-alkyl or cyclic N) is 1. The number of sulfone groups is 1. The van der Waals surface area contributed by atoms with Crippen LogP contribution in [0.1, 0.15) is 12.8 Å². The van der Waals surface area contributed by atoms with Crippen molar-refractivity contribution >= 4 is 27.4 Å². The van der Waals surface area contributed by atoms with Crippen LogP contribution in [0.15, 0.2) is 4.90 Å². The molecule has 1 aromatic heterocycles. The molecule has 1 aliphatic rings. The number of hydrogen-bond donors (Lipinski definition) is 3. The summed E-state index contributed by atoms with van der Waals surface area (Å²) >= 11 is 0. The predicted octanol–water partition coefficient (Wildman–Crippen LogP) is -1.09. The monoisotopic (exact) mass is 318 g/mol. The van der Waals surface area contributed by atoms with Gasteiger partial charge in [0.15, 0.2) is 20.6 Å². The van der Waals surface area contributed by atoms with E-state index >= 15 is 0 Å². The topological polar surface area (TPSA) is 139 Å². The number of piperidine rings is 1. The lowest BCUT2D eigenvalue weighted by Gasteiger charge is -2.30. The van der Waals surface area contributed by atoms with Crippen molar-refractivity contribution in [3.8, 4) is 0 Å². The minimum absolute atomic E-state index is 0.106. The summed E-state index contributed by atoms with van der Waals surface area (Å²) in [5, 5.41) is 22.6. The molecule has 0 saturated carbocycles. The maximum atomic E-state index is 11.9. The van der Waals surface area contributed by atoms with Crippen LogP contribution in [-0.4, -0.2) is 59.8 Å². The van der Waals surface area contributed by atoms with Gasteiger partial charge < -0.3 is 20.8 Å². The van der Waals surface area contributed by atoms with Gasteiger partial charge in [-0.1, -0.05) is 0 Å². The number of aliphatic hydroxyl groups is 1. The number of carboxylic acid groups (broad SMARTS) is 1. The Bertz CT molecular complexity index is 654. The molecular weight excluding hydrogens is 300 g/mol. The van der Waals surface area contributed by atoms with Crippen molar-refractivity contribution in [2.75, 3.05) is 30.0 Å². The maximum Gasteiger partial charge on any atom is 0.325 e. The van der Waals surface area contributed by atoms with E-state index in [2.05, 4.69) is 5.10 Å². The fourth-order valence-corrected chi connectivity index (χ4v) is 3.39. The summed E-state index contributed by atoms with van der Waals surface area (Å²) in [6, 6.07) is 0. The van der Waals surface area contributed by atoms with Gasteiger partial charge in [-0.25, -0.2) is 13.1 Å². The molecular formula is C11H18N4O5S. The number of carbonyl (C=O) groups is 1. The van der Waals surface area contributed by atoms with Crippen LogP contribution >= 0.6 is 0 Å². The van der Waals surface area contributed by atoms with Gasteiger partial charge in [-0.3, -0.25) is 4.79 Å². The zero-order valence-corrected chi connectivity index (χ0v) is 12.4. The number of nitrogens with two attached hydrogens (primary N) is 1. The van der Waals surface area contributed by atoms with E-state index in [1.165, 1.54) is 0 Å². The van der Waals surface area contributed by atoms with E-state index in [0.29, 0.717) is 19.4 Å². The first kappa shape index (κ1) is 15.6. The fraction of sp³-hybridized carbons (Fsp3) is 0.636. The van der Waals surface area contributed by atoms with Crippen LogP contribution in [-0.2, 0) is 21.2 Å². The van der Waals surface area contributed by atoms with Crippen LogP contribution in [0.5, 0.6) is 0 Å². The summed E-state index contributed by atoms with van der Waals surface area (Å²) in [7, 11) is -3.67. The molecule has 1 aromatic rings. The molecule has 0 aromatic carbocycles. The second-order valence-electron chi connectivity index (χ2n) is 5.10. The molecule has 2 heterocycles. The van der Waals surface area contributed by atoms with E-state index in [4.69, 9.17) is 10.8 Å². The number of aromatic nitrogens is 2. The van der Waals surface area contributed by atoms with Crippen LogP contribution in [0.2, 0.25) is 0 Å². The lowest BCUT2D eigenvalue weighted by atomic mass is 10.1. The number of aliphatic carboxylic acids is 1. The predicted molar refractivity (Wildman–Crippen MR) is 74.8 cm³/mol. The molecule has 21 heavy (non-hydrogen) atoms. The average Bonchev–Trinajstić information content (AvgIpc) is 2.66. The Kier molecular flexibility index (Phi) is 4.10. The highest BCUT2D eigenvalue weighted by Gasteiger charge is 2.30. The van der Waals surface area contributed by atoms with Gasteiger partial charge >= 0.3 is 5.97 Å². The van der Waals surface area contributed by atoms with E-state index in [-0.39, 0.29) is 23.1 Å². The number of rotatable bonds is 4. The minimum atomic E-state index is -3.67. The maximum absolute atomic E-state index is 11.9. The first-order valence-electron chi connectivity index (χ1n) is 6.41. The molecule has 1 atom stereocenters. The highest BCUT2D eigenvalue weighted by Crippen LogP contribution is 2.31. The van der Waals surface area contributed by atoms with Gasteiger partial charge in [-0.05, 0) is 12.8 Å². The standard InChI is InChI=1S/C11H18N4O5S/c1-21(19,20)9-10(12)15(6-8(17)18)13-11(9)14-4-2-3-7(16)5-14/h7,16H,2-6,12H2,1H3,(H,17,18). The normalized spacial score (nSPS) is 19.7. The Morgan fingerprint density at radius 3 is 2.71 bits per heavy atom. The van der Waals surface area contributed by atoms with Crippen molar-refractivity contribution < 1.29 is 23.4 Å². The second-order valence-corrected chi connectivity index (χ2v) is 7.06. The molecule has 1 unspecified atom stereocenters. The molecule has 1 aliphatic heterocycles. The summed E-state index contributed by atoms with van der Waals surface area (Å²) < 4.78 is 24.8. The van der Waals surface area contributed by atoms with Crippen molar-refractivity contribution in [1.82, 2.24) is 9.78 Å². The Morgan fingerprint density at radius 2 is 2.19 bits per heavy atom. The molecule has 9 nitrogen and oxygen atoms in total. The average molecular weight is 318 g/mol.